The predicted molar refractivity (Wildman–Crippen MR) is 111 cm³/mol. The molecule has 4 nitrogen and oxygen atoms in total. The third-order valence-corrected chi connectivity index (χ3v) is 5.53. The molecule has 0 fully saturated rings. The number of hydrogen-bond acceptors (Lipinski definition) is 3. The van der Waals surface area contributed by atoms with Gasteiger partial charge in [0.1, 0.15) is 10.8 Å². The summed E-state index contributed by atoms with van der Waals surface area (Å²) in [5.74, 6) is -0.391. The van der Waals surface area contributed by atoms with E-state index in [1.54, 1.807) is 18.2 Å². The van der Waals surface area contributed by atoms with Crippen LogP contribution in [0.15, 0.2) is 60.1 Å². The fraction of sp³-hybridized carbons (Fsp3) is 0.182. The Morgan fingerprint density at radius 3 is 2.86 bits per heavy atom. The fourth-order valence-corrected chi connectivity index (χ4v) is 4.16. The van der Waals surface area contributed by atoms with Gasteiger partial charge in [-0.2, -0.15) is 0 Å². The summed E-state index contributed by atoms with van der Waals surface area (Å²) in [4.78, 5) is 20.1. The van der Waals surface area contributed by atoms with Gasteiger partial charge in [-0.1, -0.05) is 30.3 Å². The van der Waals surface area contributed by atoms with E-state index in [1.807, 2.05) is 36.7 Å². The maximum absolute atomic E-state index is 13.9. The van der Waals surface area contributed by atoms with Crippen molar-refractivity contribution in [1.82, 2.24) is 15.3 Å². The first-order valence-corrected chi connectivity index (χ1v) is 10.0. The molecule has 2 heterocycles. The van der Waals surface area contributed by atoms with Crippen LogP contribution in [0.3, 0.4) is 0 Å². The van der Waals surface area contributed by atoms with Gasteiger partial charge in [-0.3, -0.25) is 4.79 Å². The summed E-state index contributed by atoms with van der Waals surface area (Å²) in [6.07, 6.45) is 2.92. The van der Waals surface area contributed by atoms with Crippen LogP contribution in [0.1, 0.15) is 18.2 Å². The molecule has 0 unspecified atom stereocenters. The van der Waals surface area contributed by atoms with Crippen LogP contribution in [0.5, 0.6) is 0 Å². The molecule has 2 aromatic heterocycles. The highest BCUT2D eigenvalue weighted by Crippen LogP contribution is 2.26. The van der Waals surface area contributed by atoms with Gasteiger partial charge in [-0.05, 0) is 37.1 Å². The average molecular weight is 393 g/mol. The number of aromatic nitrogens is 2. The summed E-state index contributed by atoms with van der Waals surface area (Å²) < 4.78 is 13.9. The quantitative estimate of drug-likeness (QED) is 0.498. The van der Waals surface area contributed by atoms with Gasteiger partial charge >= 0.3 is 0 Å². The lowest BCUT2D eigenvalue weighted by Gasteiger charge is -2.13. The average Bonchev–Trinajstić information content (AvgIpc) is 3.29. The molecular formula is C22H20FN3OS. The number of carbonyl (C=O) groups excluding carboxylic acids is 1. The topological polar surface area (TPSA) is 57.8 Å². The van der Waals surface area contributed by atoms with E-state index in [1.165, 1.54) is 28.4 Å². The SMILES string of the molecule is C[C@H](Cc1c[nH]c2ccccc12)NC(=O)Cc1csc(-c2ccccc2F)n1. The number of nitrogens with one attached hydrogen (secondary N) is 2. The Morgan fingerprint density at radius 1 is 1.21 bits per heavy atom. The van der Waals surface area contributed by atoms with Crippen LogP contribution in [-0.2, 0) is 17.6 Å². The second-order valence-corrected chi connectivity index (χ2v) is 7.69. The van der Waals surface area contributed by atoms with E-state index in [9.17, 15) is 9.18 Å². The highest BCUT2D eigenvalue weighted by molar-refractivity contribution is 7.13. The highest BCUT2D eigenvalue weighted by atomic mass is 32.1. The summed E-state index contributed by atoms with van der Waals surface area (Å²) in [5.41, 5.74) is 3.39. The Labute approximate surface area is 166 Å². The molecule has 0 saturated heterocycles. The molecule has 0 saturated carbocycles. The van der Waals surface area contributed by atoms with Crippen molar-refractivity contribution in [3.63, 3.8) is 0 Å². The lowest BCUT2D eigenvalue weighted by atomic mass is 10.1. The van der Waals surface area contributed by atoms with E-state index >= 15 is 0 Å². The van der Waals surface area contributed by atoms with Gasteiger partial charge in [-0.25, -0.2) is 9.37 Å². The molecule has 0 radical (unpaired) electrons. The molecule has 28 heavy (non-hydrogen) atoms. The Kier molecular flexibility index (Phi) is 5.21. The van der Waals surface area contributed by atoms with E-state index in [0.29, 0.717) is 16.3 Å². The number of para-hydroxylation sites is 1. The number of aromatic amines is 1. The minimum atomic E-state index is -0.305. The van der Waals surface area contributed by atoms with Crippen molar-refractivity contribution >= 4 is 28.1 Å². The van der Waals surface area contributed by atoms with Crippen LogP contribution in [0.4, 0.5) is 4.39 Å². The molecule has 6 heteroatoms. The Bertz CT molecular complexity index is 1120. The van der Waals surface area contributed by atoms with Crippen LogP contribution < -0.4 is 5.32 Å². The summed E-state index contributed by atoms with van der Waals surface area (Å²) in [5, 5.41) is 6.61. The number of hydrogen-bond donors (Lipinski definition) is 2. The van der Waals surface area contributed by atoms with E-state index in [4.69, 9.17) is 0 Å². The van der Waals surface area contributed by atoms with Crippen molar-refractivity contribution < 1.29 is 9.18 Å². The van der Waals surface area contributed by atoms with Crippen LogP contribution in [0, 0.1) is 5.82 Å². The normalized spacial score (nSPS) is 12.2. The maximum Gasteiger partial charge on any atom is 0.226 e. The lowest BCUT2D eigenvalue weighted by molar-refractivity contribution is -0.121. The van der Waals surface area contributed by atoms with Crippen molar-refractivity contribution in [2.75, 3.05) is 0 Å². The molecule has 4 rings (SSSR count). The van der Waals surface area contributed by atoms with Crippen molar-refractivity contribution in [2.24, 2.45) is 0 Å². The number of nitrogens with zero attached hydrogens (tertiary/aromatic N) is 1. The van der Waals surface area contributed by atoms with Gasteiger partial charge in [0, 0.05) is 34.1 Å². The largest absolute Gasteiger partial charge is 0.361 e. The van der Waals surface area contributed by atoms with Crippen molar-refractivity contribution in [3.8, 4) is 10.6 Å². The molecule has 4 aromatic rings. The zero-order valence-electron chi connectivity index (χ0n) is 15.4. The summed E-state index contributed by atoms with van der Waals surface area (Å²) in [7, 11) is 0. The summed E-state index contributed by atoms with van der Waals surface area (Å²) >= 11 is 1.35. The third-order valence-electron chi connectivity index (χ3n) is 4.61. The smallest absolute Gasteiger partial charge is 0.226 e. The van der Waals surface area contributed by atoms with Crippen molar-refractivity contribution in [2.45, 2.75) is 25.8 Å². The molecule has 142 valence electrons. The molecular weight excluding hydrogens is 373 g/mol. The number of thiazole rings is 1. The van der Waals surface area contributed by atoms with E-state index < -0.39 is 0 Å². The molecule has 1 amide bonds. The zero-order chi connectivity index (χ0) is 19.5. The number of halogens is 1. The number of amides is 1. The van der Waals surface area contributed by atoms with Crippen molar-refractivity contribution in [3.05, 3.63) is 77.2 Å². The first kappa shape index (κ1) is 18.4. The fourth-order valence-electron chi connectivity index (χ4n) is 3.32. The molecule has 0 aliphatic heterocycles. The van der Waals surface area contributed by atoms with Crippen LogP contribution in [-0.4, -0.2) is 21.9 Å². The predicted octanol–water partition coefficient (Wildman–Crippen LogP) is 4.72. The number of carbonyl (C=O) groups is 1. The Morgan fingerprint density at radius 2 is 2.00 bits per heavy atom. The van der Waals surface area contributed by atoms with E-state index in [2.05, 4.69) is 21.4 Å². The van der Waals surface area contributed by atoms with Gasteiger partial charge in [0.25, 0.3) is 0 Å². The van der Waals surface area contributed by atoms with E-state index in [0.717, 1.165) is 11.9 Å². The minimum absolute atomic E-state index is 0.00335. The van der Waals surface area contributed by atoms with Gasteiger partial charge in [0.05, 0.1) is 12.1 Å². The molecule has 2 aromatic carbocycles. The highest BCUT2D eigenvalue weighted by Gasteiger charge is 2.14. The number of H-pyrrole nitrogens is 1. The molecule has 0 bridgehead atoms. The van der Waals surface area contributed by atoms with Crippen molar-refractivity contribution in [1.29, 1.82) is 0 Å². The molecule has 0 spiro atoms. The number of fused-ring (bicyclic) bond motifs is 1. The van der Waals surface area contributed by atoms with Gasteiger partial charge in [0.15, 0.2) is 0 Å². The number of benzene rings is 2. The zero-order valence-corrected chi connectivity index (χ0v) is 16.2. The molecule has 0 aliphatic carbocycles. The van der Waals surface area contributed by atoms with Crippen LogP contribution in [0.25, 0.3) is 21.5 Å². The van der Waals surface area contributed by atoms with Crippen LogP contribution in [0.2, 0.25) is 0 Å². The molecule has 0 aliphatic rings. The lowest BCUT2D eigenvalue weighted by Crippen LogP contribution is -2.35. The van der Waals surface area contributed by atoms with Gasteiger partial charge in [0.2, 0.25) is 5.91 Å². The monoisotopic (exact) mass is 393 g/mol. The molecule has 1 atom stereocenters. The Balaban J connectivity index is 1.37. The maximum atomic E-state index is 13.9. The van der Waals surface area contributed by atoms with Gasteiger partial charge in [-0.15, -0.1) is 11.3 Å². The summed E-state index contributed by atoms with van der Waals surface area (Å²) in [6, 6.07) is 14.7. The van der Waals surface area contributed by atoms with Gasteiger partial charge < -0.3 is 10.3 Å². The third kappa shape index (κ3) is 3.97. The second-order valence-electron chi connectivity index (χ2n) is 6.83. The second kappa shape index (κ2) is 7.94. The van der Waals surface area contributed by atoms with Crippen LogP contribution >= 0.6 is 11.3 Å². The summed E-state index contributed by atoms with van der Waals surface area (Å²) in [6.45, 7) is 1.99. The number of rotatable bonds is 6. The Hall–Kier alpha value is -2.99. The van der Waals surface area contributed by atoms with E-state index in [-0.39, 0.29) is 24.2 Å². The standard InChI is InChI=1S/C22H20FN3OS/c1-14(10-15-12-24-20-9-5-3-6-17(15)20)25-21(27)11-16-13-28-22(26-16)18-7-2-4-8-19(18)23/h2-9,12-14,24H,10-11H2,1H3,(H,25,27)/t14-/m1/s1. The first-order valence-electron chi connectivity index (χ1n) is 9.14. The molecule has 2 N–H and O–H groups in total. The minimum Gasteiger partial charge on any atom is -0.361 e. The first-order chi connectivity index (χ1) is 13.6.